The number of hydrogen-bond donors (Lipinski definition) is 0. The first-order valence-electron chi connectivity index (χ1n) is 6.18. The van der Waals surface area contributed by atoms with Crippen LogP contribution in [-0.4, -0.2) is 6.61 Å². The minimum atomic E-state index is 0.765. The summed E-state index contributed by atoms with van der Waals surface area (Å²) in [4.78, 5) is 0. The molecule has 17 heavy (non-hydrogen) atoms. The van der Waals surface area contributed by atoms with Gasteiger partial charge in [0.15, 0.2) is 0 Å². The number of aryl methyl sites for hydroxylation is 1. The Morgan fingerprint density at radius 3 is 2.65 bits per heavy atom. The summed E-state index contributed by atoms with van der Waals surface area (Å²) >= 11 is 7.06. The van der Waals surface area contributed by atoms with E-state index in [0.29, 0.717) is 0 Å². The molecule has 1 nitrogen and oxygen atoms in total. The first kappa shape index (κ1) is 13.4. The molecule has 0 aromatic heterocycles. The van der Waals surface area contributed by atoms with Gasteiger partial charge in [0.05, 0.1) is 6.61 Å². The molecule has 0 saturated heterocycles. The van der Waals surface area contributed by atoms with E-state index in [2.05, 4.69) is 50.9 Å². The molecule has 0 heterocycles. The lowest BCUT2D eigenvalue weighted by Gasteiger charge is -2.16. The molecule has 1 aromatic rings. The van der Waals surface area contributed by atoms with Crippen molar-refractivity contribution in [3.05, 3.63) is 27.7 Å². The highest BCUT2D eigenvalue weighted by Crippen LogP contribution is 2.32. The quantitative estimate of drug-likeness (QED) is 0.668. The van der Waals surface area contributed by atoms with E-state index >= 15 is 0 Å². The van der Waals surface area contributed by atoms with Gasteiger partial charge in [0, 0.05) is 15.4 Å². The van der Waals surface area contributed by atoms with Crippen molar-refractivity contribution in [1.29, 1.82) is 0 Å². The molecule has 0 unspecified atom stereocenters. The Kier molecular flexibility index (Phi) is 4.92. The SMILES string of the molecule is Cc1cc(Br)cc(CBr)c1OCC1CCCC1. The molecule has 2 rings (SSSR count). The van der Waals surface area contributed by atoms with Crippen molar-refractivity contribution >= 4 is 31.9 Å². The molecule has 1 fully saturated rings. The maximum Gasteiger partial charge on any atom is 0.126 e. The molecule has 3 heteroatoms. The highest BCUT2D eigenvalue weighted by Gasteiger charge is 2.17. The van der Waals surface area contributed by atoms with Gasteiger partial charge in [-0.1, -0.05) is 44.7 Å². The molecule has 94 valence electrons. The van der Waals surface area contributed by atoms with Crippen molar-refractivity contribution in [3.8, 4) is 5.75 Å². The highest BCUT2D eigenvalue weighted by molar-refractivity contribution is 9.10. The lowest BCUT2D eigenvalue weighted by molar-refractivity contribution is 0.249. The van der Waals surface area contributed by atoms with E-state index < -0.39 is 0 Å². The molecule has 1 aromatic carbocycles. The fourth-order valence-corrected chi connectivity index (χ4v) is 3.52. The molecule has 0 radical (unpaired) electrons. The molecular weight excluding hydrogens is 344 g/mol. The van der Waals surface area contributed by atoms with E-state index in [1.807, 2.05) is 0 Å². The molecule has 0 atom stereocenters. The molecule has 0 spiro atoms. The second-order valence-corrected chi connectivity index (χ2v) is 6.28. The molecular formula is C14H18Br2O. The van der Waals surface area contributed by atoms with Crippen LogP contribution >= 0.6 is 31.9 Å². The lowest BCUT2D eigenvalue weighted by Crippen LogP contribution is -2.10. The van der Waals surface area contributed by atoms with Crippen LogP contribution in [0.3, 0.4) is 0 Å². The van der Waals surface area contributed by atoms with E-state index in [-0.39, 0.29) is 0 Å². The van der Waals surface area contributed by atoms with Gasteiger partial charge < -0.3 is 4.74 Å². The van der Waals surface area contributed by atoms with Gasteiger partial charge in [-0.3, -0.25) is 0 Å². The first-order chi connectivity index (χ1) is 8.20. The summed E-state index contributed by atoms with van der Waals surface area (Å²) in [6.07, 6.45) is 5.41. The summed E-state index contributed by atoms with van der Waals surface area (Å²) in [5.41, 5.74) is 2.45. The normalized spacial score (nSPS) is 16.4. The Morgan fingerprint density at radius 1 is 1.29 bits per heavy atom. The van der Waals surface area contributed by atoms with Crippen LogP contribution in [0.1, 0.15) is 36.8 Å². The van der Waals surface area contributed by atoms with Crippen LogP contribution in [0.15, 0.2) is 16.6 Å². The van der Waals surface area contributed by atoms with Gasteiger partial charge in [0.1, 0.15) is 5.75 Å². The minimum absolute atomic E-state index is 0.765. The van der Waals surface area contributed by atoms with Crippen LogP contribution in [0.25, 0.3) is 0 Å². The zero-order chi connectivity index (χ0) is 12.3. The maximum absolute atomic E-state index is 6.05. The van der Waals surface area contributed by atoms with Gasteiger partial charge >= 0.3 is 0 Å². The van der Waals surface area contributed by atoms with E-state index in [9.17, 15) is 0 Å². The molecule has 1 aliphatic carbocycles. The predicted molar refractivity (Wildman–Crippen MR) is 79.0 cm³/mol. The highest BCUT2D eigenvalue weighted by atomic mass is 79.9. The second kappa shape index (κ2) is 6.24. The van der Waals surface area contributed by atoms with E-state index in [1.54, 1.807) is 0 Å². The smallest absolute Gasteiger partial charge is 0.126 e. The molecule has 0 N–H and O–H groups in total. The predicted octanol–water partition coefficient (Wildman–Crippen LogP) is 5.22. The number of ether oxygens (including phenoxy) is 1. The molecule has 0 bridgehead atoms. The standard InChI is InChI=1S/C14H18Br2O/c1-10-6-13(16)7-12(8-15)14(10)17-9-11-4-2-3-5-11/h6-7,11H,2-5,8-9H2,1H3. The Labute approximate surface area is 120 Å². The summed E-state index contributed by atoms with van der Waals surface area (Å²) in [5, 5.41) is 0.841. The van der Waals surface area contributed by atoms with Crippen LogP contribution < -0.4 is 4.74 Å². The largest absolute Gasteiger partial charge is 0.493 e. The van der Waals surface area contributed by atoms with Gasteiger partial charge in [-0.05, 0) is 43.4 Å². The Balaban J connectivity index is 2.08. The van der Waals surface area contributed by atoms with Gasteiger partial charge in [-0.2, -0.15) is 0 Å². The van der Waals surface area contributed by atoms with Gasteiger partial charge in [-0.25, -0.2) is 0 Å². The van der Waals surface area contributed by atoms with Crippen LogP contribution in [0.5, 0.6) is 5.75 Å². The summed E-state index contributed by atoms with van der Waals surface area (Å²) < 4.78 is 7.17. The average Bonchev–Trinajstić information content (AvgIpc) is 2.79. The number of alkyl halides is 1. The first-order valence-corrected chi connectivity index (χ1v) is 8.10. The fraction of sp³-hybridized carbons (Fsp3) is 0.571. The zero-order valence-electron chi connectivity index (χ0n) is 10.1. The fourth-order valence-electron chi connectivity index (χ4n) is 2.48. The molecule has 0 aliphatic heterocycles. The summed E-state index contributed by atoms with van der Waals surface area (Å²) in [6, 6.07) is 4.25. The van der Waals surface area contributed by atoms with Gasteiger partial charge in [0.25, 0.3) is 0 Å². The third-order valence-electron chi connectivity index (χ3n) is 3.40. The average molecular weight is 362 g/mol. The molecule has 1 aliphatic rings. The van der Waals surface area contributed by atoms with Gasteiger partial charge in [0.2, 0.25) is 0 Å². The van der Waals surface area contributed by atoms with Crippen LogP contribution in [-0.2, 0) is 5.33 Å². The van der Waals surface area contributed by atoms with Crippen molar-refractivity contribution in [3.63, 3.8) is 0 Å². The monoisotopic (exact) mass is 360 g/mol. The van der Waals surface area contributed by atoms with Crippen LogP contribution in [0.2, 0.25) is 0 Å². The molecule has 1 saturated carbocycles. The van der Waals surface area contributed by atoms with Crippen molar-refractivity contribution < 1.29 is 4.74 Å². The van der Waals surface area contributed by atoms with Crippen molar-refractivity contribution in [2.24, 2.45) is 5.92 Å². The van der Waals surface area contributed by atoms with E-state index in [1.165, 1.54) is 36.8 Å². The van der Waals surface area contributed by atoms with Crippen LogP contribution in [0.4, 0.5) is 0 Å². The zero-order valence-corrected chi connectivity index (χ0v) is 13.3. The van der Waals surface area contributed by atoms with Gasteiger partial charge in [-0.15, -0.1) is 0 Å². The maximum atomic E-state index is 6.05. The third kappa shape index (κ3) is 3.47. The number of rotatable bonds is 4. The van der Waals surface area contributed by atoms with Crippen LogP contribution in [0, 0.1) is 12.8 Å². The van der Waals surface area contributed by atoms with Crippen molar-refractivity contribution in [2.75, 3.05) is 6.61 Å². The van der Waals surface area contributed by atoms with E-state index in [4.69, 9.17) is 4.74 Å². The Morgan fingerprint density at radius 2 is 2.00 bits per heavy atom. The summed E-state index contributed by atoms with van der Waals surface area (Å²) in [6.45, 7) is 2.99. The third-order valence-corrected chi connectivity index (χ3v) is 4.46. The van der Waals surface area contributed by atoms with Crippen molar-refractivity contribution in [2.45, 2.75) is 37.9 Å². The Bertz CT molecular complexity index is 384. The Hall–Kier alpha value is -0.0200. The second-order valence-electron chi connectivity index (χ2n) is 4.81. The number of halogens is 2. The number of benzene rings is 1. The summed E-state index contributed by atoms with van der Waals surface area (Å²) in [5.74, 6) is 1.83. The lowest BCUT2D eigenvalue weighted by atomic mass is 10.1. The topological polar surface area (TPSA) is 9.23 Å². The minimum Gasteiger partial charge on any atom is -0.493 e. The summed E-state index contributed by atoms with van der Waals surface area (Å²) in [7, 11) is 0. The molecule has 0 amide bonds. The van der Waals surface area contributed by atoms with Crippen molar-refractivity contribution in [1.82, 2.24) is 0 Å². The number of hydrogen-bond acceptors (Lipinski definition) is 1. The van der Waals surface area contributed by atoms with E-state index in [0.717, 1.165) is 28.1 Å².